The van der Waals surface area contributed by atoms with Crippen molar-refractivity contribution in [3.05, 3.63) is 120 Å². The molecule has 0 aliphatic carbocycles. The molecule has 2 fully saturated rings. The van der Waals surface area contributed by atoms with Gasteiger partial charge < -0.3 is 34.1 Å². The van der Waals surface area contributed by atoms with E-state index in [1.165, 1.54) is 0 Å². The van der Waals surface area contributed by atoms with Crippen LogP contribution in [0.3, 0.4) is 0 Å². The summed E-state index contributed by atoms with van der Waals surface area (Å²) >= 11 is 15.2. The lowest BCUT2D eigenvalue weighted by molar-refractivity contribution is 0.270. The lowest BCUT2D eigenvalue weighted by atomic mass is 10.1. The zero-order valence-electron chi connectivity index (χ0n) is 34.9. The summed E-state index contributed by atoms with van der Waals surface area (Å²) < 4.78 is 10.6. The Morgan fingerprint density at radius 3 is 1.48 bits per heavy atom. The highest BCUT2D eigenvalue weighted by molar-refractivity contribution is 7.99. The highest BCUT2D eigenvalue weighted by Crippen LogP contribution is 2.37. The first-order valence-electron chi connectivity index (χ1n) is 20.7. The number of piperazine rings is 1. The van der Waals surface area contributed by atoms with Gasteiger partial charge in [0.2, 0.25) is 0 Å². The first kappa shape index (κ1) is 41.6. The third-order valence-electron chi connectivity index (χ3n) is 11.5. The minimum atomic E-state index is 0.667. The van der Waals surface area contributed by atoms with Gasteiger partial charge in [-0.15, -0.1) is 0 Å². The van der Waals surface area contributed by atoms with Crippen LogP contribution >= 0.6 is 35.0 Å². The Hall–Kier alpha value is -5.79. The molecule has 0 bridgehead atoms. The monoisotopic (exact) mass is 883 g/mol. The molecule has 6 aromatic heterocycles. The molecule has 11 nitrogen and oxygen atoms in total. The fraction of sp³-hybridized carbons (Fsp3) is 0.250. The second-order valence-corrected chi connectivity index (χ2v) is 17.3. The summed E-state index contributed by atoms with van der Waals surface area (Å²) in [6.07, 6.45) is 10.8. The van der Waals surface area contributed by atoms with Crippen molar-refractivity contribution in [3.8, 4) is 56.3 Å². The molecule has 2 aliphatic rings. The van der Waals surface area contributed by atoms with Crippen LogP contribution in [0.1, 0.15) is 6.92 Å². The first-order valence-corrected chi connectivity index (χ1v) is 22.6. The molecule has 0 atom stereocenters. The Balaban J connectivity index is 0.000000158. The fourth-order valence-electron chi connectivity index (χ4n) is 7.97. The molecule has 2 saturated heterocycles. The second-order valence-electron chi connectivity index (χ2n) is 15.3. The third kappa shape index (κ3) is 9.05. The number of nitrogens with one attached hydrogen (secondary N) is 2. The molecule has 10 rings (SSSR count). The molecule has 316 valence electrons. The predicted molar refractivity (Wildman–Crippen MR) is 257 cm³/mol. The van der Waals surface area contributed by atoms with Gasteiger partial charge in [-0.3, -0.25) is 9.97 Å². The molecular weight excluding hydrogens is 838 g/mol. The van der Waals surface area contributed by atoms with Gasteiger partial charge >= 0.3 is 0 Å². The molecule has 62 heavy (non-hydrogen) atoms. The largest absolute Gasteiger partial charge is 0.495 e. The number of pyridine rings is 4. The van der Waals surface area contributed by atoms with E-state index in [4.69, 9.17) is 42.6 Å². The fourth-order valence-corrected chi connectivity index (χ4v) is 9.42. The highest BCUT2D eigenvalue weighted by atomic mass is 35.5. The van der Waals surface area contributed by atoms with E-state index in [9.17, 15) is 0 Å². The quantitative estimate of drug-likeness (QED) is 0.145. The van der Waals surface area contributed by atoms with Gasteiger partial charge in [-0.1, -0.05) is 30.1 Å². The Morgan fingerprint density at radius 2 is 1.05 bits per heavy atom. The van der Waals surface area contributed by atoms with Crippen molar-refractivity contribution in [2.75, 3.05) is 81.3 Å². The van der Waals surface area contributed by atoms with Crippen LogP contribution in [0.4, 0.5) is 11.6 Å². The van der Waals surface area contributed by atoms with Gasteiger partial charge in [-0.2, -0.15) is 11.8 Å². The number of rotatable bonds is 9. The molecule has 2 N–H and O–H groups in total. The summed E-state index contributed by atoms with van der Waals surface area (Å²) in [5.74, 6) is 5.82. The second kappa shape index (κ2) is 18.7. The van der Waals surface area contributed by atoms with Gasteiger partial charge in [0.25, 0.3) is 0 Å². The van der Waals surface area contributed by atoms with Crippen LogP contribution < -0.4 is 19.3 Å². The minimum Gasteiger partial charge on any atom is -0.495 e. The number of aromatic nitrogens is 6. The van der Waals surface area contributed by atoms with Crippen LogP contribution in [0.25, 0.3) is 66.6 Å². The molecule has 2 aromatic carbocycles. The number of aromatic amines is 2. The lowest BCUT2D eigenvalue weighted by Gasteiger charge is -2.34. The van der Waals surface area contributed by atoms with Gasteiger partial charge in [-0.25, -0.2) is 9.97 Å². The number of hydrogen-bond acceptors (Lipinski definition) is 10. The highest BCUT2D eigenvalue weighted by Gasteiger charge is 2.18. The number of likely N-dealkylation sites (N-methyl/N-ethyl adjacent to an activating group) is 1. The molecule has 8 heterocycles. The SMILES string of the molecule is CCN1CCN(c2ccc(-c3cc4cc(-c5cncc(OC)c5)c(Cl)cc4[nH]3)cn2)CC1.COc1cncc(-c2cc3cc(-c4ccc(N5CCSCC5)nc4)[nH]c3cc2Cl)c1. The molecule has 14 heteroatoms. The Kier molecular flexibility index (Phi) is 12.5. The minimum absolute atomic E-state index is 0.667. The van der Waals surface area contributed by atoms with E-state index in [1.807, 2.05) is 48.4 Å². The van der Waals surface area contributed by atoms with Crippen LogP contribution in [-0.2, 0) is 0 Å². The van der Waals surface area contributed by atoms with E-state index in [0.717, 1.165) is 136 Å². The summed E-state index contributed by atoms with van der Waals surface area (Å²) in [5.41, 5.74) is 9.84. The van der Waals surface area contributed by atoms with Crippen molar-refractivity contribution in [1.82, 2.24) is 34.8 Å². The van der Waals surface area contributed by atoms with Crippen molar-refractivity contribution in [2.24, 2.45) is 0 Å². The summed E-state index contributed by atoms with van der Waals surface area (Å²) in [7, 11) is 3.27. The first-order chi connectivity index (χ1) is 30.3. The van der Waals surface area contributed by atoms with Crippen LogP contribution in [0.15, 0.2) is 110 Å². The summed E-state index contributed by atoms with van der Waals surface area (Å²) in [6, 6.07) is 24.7. The van der Waals surface area contributed by atoms with Crippen molar-refractivity contribution >= 4 is 68.4 Å². The molecular formula is C48H47Cl2N9O2S. The van der Waals surface area contributed by atoms with Gasteiger partial charge in [0.15, 0.2) is 0 Å². The summed E-state index contributed by atoms with van der Waals surface area (Å²) in [5, 5.41) is 3.51. The number of methoxy groups -OCH3 is 2. The van der Waals surface area contributed by atoms with E-state index in [-0.39, 0.29) is 0 Å². The zero-order valence-corrected chi connectivity index (χ0v) is 37.2. The molecule has 8 aromatic rings. The average Bonchev–Trinajstić information content (AvgIpc) is 3.95. The van der Waals surface area contributed by atoms with E-state index < -0.39 is 0 Å². The normalized spacial score (nSPS) is 14.5. The molecule has 2 aliphatic heterocycles. The molecule has 0 spiro atoms. The number of H-pyrrole nitrogens is 2. The Bertz CT molecular complexity index is 2800. The van der Waals surface area contributed by atoms with Gasteiger partial charge in [0.05, 0.1) is 36.7 Å². The summed E-state index contributed by atoms with van der Waals surface area (Å²) in [6.45, 7) is 9.67. The maximum atomic E-state index is 6.61. The van der Waals surface area contributed by atoms with Gasteiger partial charge in [0, 0.05) is 142 Å². The third-order valence-corrected chi connectivity index (χ3v) is 13.1. The molecule has 0 unspecified atom stereocenters. The van der Waals surface area contributed by atoms with Crippen molar-refractivity contribution in [2.45, 2.75) is 6.92 Å². The molecule has 0 saturated carbocycles. The smallest absolute Gasteiger partial charge is 0.137 e. The predicted octanol–water partition coefficient (Wildman–Crippen LogP) is 10.6. The van der Waals surface area contributed by atoms with Crippen LogP contribution in [0.2, 0.25) is 10.0 Å². The van der Waals surface area contributed by atoms with Crippen LogP contribution in [0.5, 0.6) is 11.5 Å². The Morgan fingerprint density at radius 1 is 0.565 bits per heavy atom. The van der Waals surface area contributed by atoms with Gasteiger partial charge in [0.1, 0.15) is 23.1 Å². The number of ether oxygens (including phenoxy) is 2. The maximum Gasteiger partial charge on any atom is 0.137 e. The standard InChI is InChI=1S/C25H26ClN5O.C23H21ClN4OS/c1-3-30-6-8-31(9-7-30)25-5-4-17(15-28-25)23-12-18-11-21(22(26)13-24(18)29-23)19-10-20(32-2)16-27-14-19;1-29-18-8-17(12-25-14-18)19-9-16-10-21(27-22(16)11-20(19)24)15-2-3-23(26-13-15)28-4-6-30-7-5-28/h4-5,10-16,29H,3,6-9H2,1-2H3;2-3,8-14,27H,4-7H2,1H3. The van der Waals surface area contributed by atoms with Crippen molar-refractivity contribution < 1.29 is 9.47 Å². The number of halogens is 2. The molecule has 0 radical (unpaired) electrons. The van der Waals surface area contributed by atoms with Gasteiger partial charge in [-0.05, 0) is 79.3 Å². The van der Waals surface area contributed by atoms with E-state index in [2.05, 4.69) is 90.1 Å². The van der Waals surface area contributed by atoms with Crippen molar-refractivity contribution in [3.63, 3.8) is 0 Å². The summed E-state index contributed by atoms with van der Waals surface area (Å²) in [4.78, 5) is 32.1. The zero-order chi connectivity index (χ0) is 42.6. The maximum absolute atomic E-state index is 6.61. The average molecular weight is 885 g/mol. The van der Waals surface area contributed by atoms with E-state index in [0.29, 0.717) is 21.5 Å². The van der Waals surface area contributed by atoms with Crippen molar-refractivity contribution in [1.29, 1.82) is 0 Å². The Labute approximate surface area is 375 Å². The number of hydrogen-bond donors (Lipinski definition) is 2. The number of thioether (sulfide) groups is 1. The lowest BCUT2D eigenvalue weighted by Crippen LogP contribution is -2.46. The number of fused-ring (bicyclic) bond motifs is 2. The number of anilines is 2. The molecule has 0 amide bonds. The number of benzene rings is 2. The van der Waals surface area contributed by atoms with E-state index in [1.54, 1.807) is 39.0 Å². The van der Waals surface area contributed by atoms with Crippen LogP contribution in [-0.4, -0.2) is 106 Å². The topological polar surface area (TPSA) is 111 Å². The van der Waals surface area contributed by atoms with Crippen LogP contribution in [0, 0.1) is 0 Å². The number of nitrogens with zero attached hydrogens (tertiary/aromatic N) is 7. The van der Waals surface area contributed by atoms with E-state index >= 15 is 0 Å².